The molecule has 10 aromatic carbocycles. The standard InChI is InChI=1S/C58H37N3O/c1-4-12-38(13-5-1)39-24-29-46(30-25-39)61(48-33-34-50-49-18-10-11-19-53(49)62-54(50)37-48)47-31-26-40(27-32-47)45-23-21-41-20-22-42-28-35-52-58(55(42)51(41)36-45)60-57(44-16-8-3-9-17-44)56(59-52)43-14-6-2-7-15-43/h1-37H. The molecule has 62 heavy (non-hydrogen) atoms. The van der Waals surface area contributed by atoms with Crippen LogP contribution in [0.1, 0.15) is 0 Å². The largest absolute Gasteiger partial charge is 0.456 e. The summed E-state index contributed by atoms with van der Waals surface area (Å²) >= 11 is 0. The van der Waals surface area contributed by atoms with Gasteiger partial charge in [-0.2, -0.15) is 0 Å². The van der Waals surface area contributed by atoms with Crippen molar-refractivity contribution in [2.24, 2.45) is 0 Å². The van der Waals surface area contributed by atoms with Gasteiger partial charge >= 0.3 is 0 Å². The minimum atomic E-state index is 0.860. The van der Waals surface area contributed by atoms with E-state index in [1.165, 1.54) is 11.1 Å². The number of para-hydroxylation sites is 1. The third-order valence-corrected chi connectivity index (χ3v) is 12.0. The van der Waals surface area contributed by atoms with E-state index in [2.05, 4.69) is 205 Å². The molecule has 0 aliphatic rings. The van der Waals surface area contributed by atoms with E-state index in [0.29, 0.717) is 0 Å². The van der Waals surface area contributed by atoms with Gasteiger partial charge < -0.3 is 9.32 Å². The zero-order valence-corrected chi connectivity index (χ0v) is 33.6. The summed E-state index contributed by atoms with van der Waals surface area (Å²) in [6.07, 6.45) is 0. The van der Waals surface area contributed by atoms with Crippen LogP contribution in [0, 0.1) is 0 Å². The average Bonchev–Trinajstić information content (AvgIpc) is 3.72. The van der Waals surface area contributed by atoms with Crippen molar-refractivity contribution < 1.29 is 4.42 Å². The third-order valence-electron chi connectivity index (χ3n) is 12.0. The van der Waals surface area contributed by atoms with Crippen LogP contribution in [0.3, 0.4) is 0 Å². The van der Waals surface area contributed by atoms with Gasteiger partial charge in [0.25, 0.3) is 0 Å². The predicted octanol–water partition coefficient (Wildman–Crippen LogP) is 16.0. The van der Waals surface area contributed by atoms with Gasteiger partial charge in [0.1, 0.15) is 11.2 Å². The van der Waals surface area contributed by atoms with Crippen molar-refractivity contribution in [2.75, 3.05) is 4.90 Å². The number of benzene rings is 10. The molecule has 2 heterocycles. The summed E-state index contributed by atoms with van der Waals surface area (Å²) in [5.74, 6) is 0. The summed E-state index contributed by atoms with van der Waals surface area (Å²) in [5, 5.41) is 6.77. The first-order chi connectivity index (χ1) is 30.7. The number of nitrogens with zero attached hydrogens (tertiary/aromatic N) is 3. The van der Waals surface area contributed by atoms with Crippen molar-refractivity contribution in [3.8, 4) is 44.8 Å². The van der Waals surface area contributed by atoms with Gasteiger partial charge in [-0.3, -0.25) is 0 Å². The van der Waals surface area contributed by atoms with Crippen LogP contribution >= 0.6 is 0 Å². The van der Waals surface area contributed by atoms with Gasteiger partial charge in [-0.1, -0.05) is 164 Å². The molecule has 0 saturated carbocycles. The highest BCUT2D eigenvalue weighted by Gasteiger charge is 2.18. The number of fused-ring (bicyclic) bond motifs is 8. The van der Waals surface area contributed by atoms with Crippen molar-refractivity contribution in [3.63, 3.8) is 0 Å². The lowest BCUT2D eigenvalue weighted by molar-refractivity contribution is 0.669. The molecule has 0 bridgehead atoms. The van der Waals surface area contributed by atoms with E-state index in [-0.39, 0.29) is 0 Å². The second-order valence-electron chi connectivity index (χ2n) is 15.8. The fourth-order valence-electron chi connectivity index (χ4n) is 8.97. The zero-order chi connectivity index (χ0) is 41.0. The highest BCUT2D eigenvalue weighted by atomic mass is 16.3. The molecule has 0 radical (unpaired) electrons. The topological polar surface area (TPSA) is 42.2 Å². The Kier molecular flexibility index (Phi) is 8.46. The molecule has 0 aliphatic heterocycles. The van der Waals surface area contributed by atoms with Gasteiger partial charge in [0.05, 0.1) is 22.4 Å². The zero-order valence-electron chi connectivity index (χ0n) is 33.6. The Balaban J connectivity index is 0.976. The number of rotatable bonds is 7. The molecule has 0 spiro atoms. The normalized spacial score (nSPS) is 11.5. The van der Waals surface area contributed by atoms with Gasteiger partial charge in [0.15, 0.2) is 0 Å². The Bertz CT molecular complexity index is 3600. The summed E-state index contributed by atoms with van der Waals surface area (Å²) in [5.41, 5.74) is 15.1. The molecule has 0 atom stereocenters. The summed E-state index contributed by atoms with van der Waals surface area (Å²) in [7, 11) is 0. The fourth-order valence-corrected chi connectivity index (χ4v) is 8.97. The Morgan fingerprint density at radius 3 is 1.52 bits per heavy atom. The SMILES string of the molecule is c1ccc(-c2ccc(N(c3ccc(-c4ccc5ccc6ccc7nc(-c8ccccc8)c(-c8ccccc8)nc7c6c5c4)cc3)c3ccc4c(c3)oc3ccccc34)cc2)cc1. The smallest absolute Gasteiger partial charge is 0.137 e. The van der Waals surface area contributed by atoms with Crippen molar-refractivity contribution >= 4 is 71.6 Å². The quantitative estimate of drug-likeness (QED) is 0.151. The third kappa shape index (κ3) is 6.16. The maximum Gasteiger partial charge on any atom is 0.137 e. The van der Waals surface area contributed by atoms with Crippen LogP contribution < -0.4 is 4.90 Å². The lowest BCUT2D eigenvalue weighted by Crippen LogP contribution is -2.09. The minimum Gasteiger partial charge on any atom is -0.456 e. The Morgan fingerprint density at radius 2 is 0.823 bits per heavy atom. The number of aromatic nitrogens is 2. The van der Waals surface area contributed by atoms with E-state index in [0.717, 1.165) is 105 Å². The van der Waals surface area contributed by atoms with Crippen molar-refractivity contribution in [3.05, 3.63) is 224 Å². The molecule has 0 unspecified atom stereocenters. The molecule has 2 aromatic heterocycles. The second kappa shape index (κ2) is 14.7. The van der Waals surface area contributed by atoms with Crippen LogP contribution in [0.2, 0.25) is 0 Å². The molecule has 0 saturated heterocycles. The molecule has 12 aromatic rings. The Hall–Kier alpha value is -8.34. The summed E-state index contributed by atoms with van der Waals surface area (Å²) in [6.45, 7) is 0. The van der Waals surface area contributed by atoms with E-state index >= 15 is 0 Å². The van der Waals surface area contributed by atoms with Crippen LogP contribution in [0.5, 0.6) is 0 Å². The van der Waals surface area contributed by atoms with Gasteiger partial charge in [-0.15, -0.1) is 0 Å². The maximum atomic E-state index is 6.38. The molecule has 4 nitrogen and oxygen atoms in total. The van der Waals surface area contributed by atoms with Crippen LogP contribution in [0.4, 0.5) is 17.1 Å². The lowest BCUT2D eigenvalue weighted by atomic mass is 9.95. The predicted molar refractivity (Wildman–Crippen MR) is 258 cm³/mol. The van der Waals surface area contributed by atoms with Gasteiger partial charge in [0, 0.05) is 50.4 Å². The maximum absolute atomic E-state index is 6.38. The van der Waals surface area contributed by atoms with Gasteiger partial charge in [-0.25, -0.2) is 9.97 Å². The van der Waals surface area contributed by atoms with Crippen LogP contribution in [0.15, 0.2) is 229 Å². The van der Waals surface area contributed by atoms with Gasteiger partial charge in [-0.05, 0) is 93.0 Å². The van der Waals surface area contributed by atoms with E-state index in [4.69, 9.17) is 14.4 Å². The van der Waals surface area contributed by atoms with E-state index in [1.54, 1.807) is 0 Å². The first-order valence-electron chi connectivity index (χ1n) is 21.0. The Labute approximate surface area is 358 Å². The first-order valence-corrected chi connectivity index (χ1v) is 21.0. The summed E-state index contributed by atoms with van der Waals surface area (Å²) < 4.78 is 6.38. The fraction of sp³-hybridized carbons (Fsp3) is 0. The number of furan rings is 1. The van der Waals surface area contributed by atoms with Crippen molar-refractivity contribution in [2.45, 2.75) is 0 Å². The molecule has 0 aliphatic carbocycles. The second-order valence-corrected chi connectivity index (χ2v) is 15.8. The van der Waals surface area contributed by atoms with Crippen LogP contribution in [-0.4, -0.2) is 9.97 Å². The van der Waals surface area contributed by atoms with Crippen LogP contribution in [-0.2, 0) is 0 Å². The molecule has 0 amide bonds. The molecule has 0 N–H and O–H groups in total. The molecule has 290 valence electrons. The van der Waals surface area contributed by atoms with E-state index < -0.39 is 0 Å². The number of hydrogen-bond acceptors (Lipinski definition) is 4. The van der Waals surface area contributed by atoms with Gasteiger partial charge in [0.2, 0.25) is 0 Å². The van der Waals surface area contributed by atoms with Crippen LogP contribution in [0.25, 0.3) is 99.3 Å². The number of hydrogen-bond donors (Lipinski definition) is 0. The molecular formula is C58H37N3O. The van der Waals surface area contributed by atoms with Crippen molar-refractivity contribution in [1.29, 1.82) is 0 Å². The molecule has 4 heteroatoms. The monoisotopic (exact) mass is 791 g/mol. The van der Waals surface area contributed by atoms with E-state index in [1.807, 2.05) is 24.3 Å². The lowest BCUT2D eigenvalue weighted by Gasteiger charge is -2.26. The average molecular weight is 792 g/mol. The minimum absolute atomic E-state index is 0.860. The summed E-state index contributed by atoms with van der Waals surface area (Å²) in [6, 6.07) is 79.2. The Morgan fingerprint density at radius 1 is 0.323 bits per heavy atom. The number of anilines is 3. The van der Waals surface area contributed by atoms with Crippen molar-refractivity contribution in [1.82, 2.24) is 9.97 Å². The molecule has 12 rings (SSSR count). The first kappa shape index (κ1) is 35.6. The van der Waals surface area contributed by atoms with E-state index in [9.17, 15) is 0 Å². The molecular weight excluding hydrogens is 755 g/mol. The highest BCUT2D eigenvalue weighted by molar-refractivity contribution is 6.19. The summed E-state index contributed by atoms with van der Waals surface area (Å²) in [4.78, 5) is 13.1. The highest BCUT2D eigenvalue weighted by Crippen LogP contribution is 2.41. The molecule has 0 fully saturated rings.